The second kappa shape index (κ2) is 11.8. The molecule has 1 unspecified atom stereocenters. The topological polar surface area (TPSA) is 70.7 Å². The van der Waals surface area contributed by atoms with Crippen LogP contribution >= 0.6 is 22.9 Å². The Bertz CT molecular complexity index is 1080. The zero-order chi connectivity index (χ0) is 23.8. The Balaban J connectivity index is 1.75. The normalized spacial score (nSPS) is 11.8. The minimum absolute atomic E-state index is 0.00986. The van der Waals surface area contributed by atoms with Gasteiger partial charge in [0, 0.05) is 12.1 Å². The van der Waals surface area contributed by atoms with Crippen LogP contribution in [-0.4, -0.2) is 43.5 Å². The third kappa shape index (κ3) is 6.35. The molecule has 3 aromatic rings. The Morgan fingerprint density at radius 2 is 1.85 bits per heavy atom. The largest absolute Gasteiger partial charge is 0.497 e. The molecule has 1 heterocycles. The fourth-order valence-corrected chi connectivity index (χ4v) is 4.40. The fraction of sp³-hybridized carbons (Fsp3) is 0.280. The van der Waals surface area contributed by atoms with E-state index in [2.05, 4.69) is 29.4 Å². The van der Waals surface area contributed by atoms with Crippen LogP contribution in [0.1, 0.15) is 45.5 Å². The van der Waals surface area contributed by atoms with Crippen molar-refractivity contribution in [1.29, 1.82) is 0 Å². The molecule has 33 heavy (non-hydrogen) atoms. The molecule has 0 aliphatic rings. The zero-order valence-electron chi connectivity index (χ0n) is 18.9. The fourth-order valence-electron chi connectivity index (χ4n) is 3.62. The Morgan fingerprint density at radius 1 is 1.06 bits per heavy atom. The quantitative estimate of drug-likeness (QED) is 0.399. The van der Waals surface area contributed by atoms with Crippen molar-refractivity contribution in [2.75, 3.05) is 32.1 Å². The van der Waals surface area contributed by atoms with Crippen molar-refractivity contribution in [3.05, 3.63) is 81.0 Å². The molecular formula is C25H28ClN3O3S. The number of halogens is 1. The van der Waals surface area contributed by atoms with Gasteiger partial charge in [0.15, 0.2) is 0 Å². The van der Waals surface area contributed by atoms with Gasteiger partial charge in [0.1, 0.15) is 5.75 Å². The molecule has 0 spiro atoms. The summed E-state index contributed by atoms with van der Waals surface area (Å²) in [5, 5.41) is 8.02. The van der Waals surface area contributed by atoms with E-state index in [1.54, 1.807) is 37.4 Å². The van der Waals surface area contributed by atoms with Crippen molar-refractivity contribution >= 4 is 40.4 Å². The van der Waals surface area contributed by atoms with Gasteiger partial charge >= 0.3 is 0 Å². The van der Waals surface area contributed by atoms with Gasteiger partial charge in [-0.2, -0.15) is 0 Å². The molecular weight excluding hydrogens is 458 g/mol. The highest BCUT2D eigenvalue weighted by Crippen LogP contribution is 2.26. The van der Waals surface area contributed by atoms with Crippen molar-refractivity contribution in [1.82, 2.24) is 10.2 Å². The number of likely N-dealkylation sites (N-methyl/N-ethyl adjacent to an activating group) is 1. The van der Waals surface area contributed by atoms with Crippen LogP contribution in [0.4, 0.5) is 5.69 Å². The van der Waals surface area contributed by atoms with E-state index < -0.39 is 0 Å². The van der Waals surface area contributed by atoms with Crippen molar-refractivity contribution in [3.63, 3.8) is 0 Å². The number of thiophene rings is 1. The van der Waals surface area contributed by atoms with Crippen molar-refractivity contribution < 1.29 is 14.3 Å². The predicted molar refractivity (Wildman–Crippen MR) is 135 cm³/mol. The molecule has 2 aromatic carbocycles. The van der Waals surface area contributed by atoms with Crippen LogP contribution in [0.25, 0.3) is 0 Å². The predicted octanol–water partition coefficient (Wildman–Crippen LogP) is 5.48. The lowest BCUT2D eigenvalue weighted by Crippen LogP contribution is -2.38. The van der Waals surface area contributed by atoms with E-state index in [0.717, 1.165) is 24.4 Å². The van der Waals surface area contributed by atoms with E-state index in [1.807, 2.05) is 29.6 Å². The number of hydrogen-bond acceptors (Lipinski definition) is 5. The summed E-state index contributed by atoms with van der Waals surface area (Å²) in [5.74, 6) is 0.280. The van der Waals surface area contributed by atoms with Crippen molar-refractivity contribution in [2.24, 2.45) is 0 Å². The SMILES string of the molecule is CCN(CC)C(CNC(=O)c1ccc(Cl)c(NC(=O)c2cccs2)c1)c1cccc(OC)c1. The third-order valence-corrected chi connectivity index (χ3v) is 6.61. The van der Waals surface area contributed by atoms with Gasteiger partial charge in [0.25, 0.3) is 11.8 Å². The highest BCUT2D eigenvalue weighted by molar-refractivity contribution is 7.12. The molecule has 0 bridgehead atoms. The van der Waals surface area contributed by atoms with Crippen molar-refractivity contribution in [3.8, 4) is 5.75 Å². The zero-order valence-corrected chi connectivity index (χ0v) is 20.5. The van der Waals surface area contributed by atoms with E-state index in [4.69, 9.17) is 16.3 Å². The first-order chi connectivity index (χ1) is 16.0. The maximum atomic E-state index is 13.0. The number of carbonyl (C=O) groups excluding carboxylic acids is 2. The second-order valence-corrected chi connectivity index (χ2v) is 8.70. The van der Waals surface area contributed by atoms with Crippen LogP contribution in [0.3, 0.4) is 0 Å². The van der Waals surface area contributed by atoms with E-state index in [9.17, 15) is 9.59 Å². The lowest BCUT2D eigenvalue weighted by molar-refractivity contribution is 0.0934. The smallest absolute Gasteiger partial charge is 0.265 e. The van der Waals surface area contributed by atoms with Gasteiger partial charge in [-0.3, -0.25) is 14.5 Å². The Hall–Kier alpha value is -2.87. The maximum Gasteiger partial charge on any atom is 0.265 e. The van der Waals surface area contributed by atoms with E-state index in [0.29, 0.717) is 27.7 Å². The minimum Gasteiger partial charge on any atom is -0.497 e. The standard InChI is InChI=1S/C25H28ClN3O3S/c1-4-29(5-2)22(17-8-6-9-19(14-17)32-3)16-27-24(30)18-11-12-20(26)21(15-18)28-25(31)23-10-7-13-33-23/h6-15,22H,4-5,16H2,1-3H3,(H,27,30)(H,28,31). The highest BCUT2D eigenvalue weighted by Gasteiger charge is 2.20. The maximum absolute atomic E-state index is 13.0. The molecule has 0 aliphatic heterocycles. The molecule has 3 rings (SSSR count). The first kappa shape index (κ1) is 24.8. The van der Waals surface area contributed by atoms with Crippen LogP contribution in [0, 0.1) is 0 Å². The number of rotatable bonds is 10. The van der Waals surface area contributed by atoms with Crippen LogP contribution in [0.15, 0.2) is 60.0 Å². The first-order valence-electron chi connectivity index (χ1n) is 10.8. The van der Waals surface area contributed by atoms with E-state index in [1.165, 1.54) is 11.3 Å². The number of nitrogens with zero attached hydrogens (tertiary/aromatic N) is 1. The molecule has 2 N–H and O–H groups in total. The highest BCUT2D eigenvalue weighted by atomic mass is 35.5. The van der Waals surface area contributed by atoms with Crippen LogP contribution in [0.5, 0.6) is 5.75 Å². The molecule has 0 saturated heterocycles. The summed E-state index contributed by atoms with van der Waals surface area (Å²) in [7, 11) is 1.64. The lowest BCUT2D eigenvalue weighted by Gasteiger charge is -2.30. The number of nitrogens with one attached hydrogen (secondary N) is 2. The summed E-state index contributed by atoms with van der Waals surface area (Å²) in [6.45, 7) is 6.30. The molecule has 1 aromatic heterocycles. The number of carbonyl (C=O) groups is 2. The van der Waals surface area contributed by atoms with E-state index >= 15 is 0 Å². The minimum atomic E-state index is -0.260. The number of methoxy groups -OCH3 is 1. The molecule has 8 heteroatoms. The van der Waals surface area contributed by atoms with Crippen LogP contribution in [-0.2, 0) is 0 Å². The number of amides is 2. The molecule has 0 saturated carbocycles. The average molecular weight is 486 g/mol. The van der Waals surface area contributed by atoms with Crippen LogP contribution < -0.4 is 15.4 Å². The number of benzene rings is 2. The van der Waals surface area contributed by atoms with Gasteiger partial charge in [0.05, 0.1) is 28.7 Å². The summed E-state index contributed by atoms with van der Waals surface area (Å²) in [6.07, 6.45) is 0. The molecule has 2 amide bonds. The number of anilines is 1. The number of hydrogen-bond donors (Lipinski definition) is 2. The average Bonchev–Trinajstić information content (AvgIpc) is 3.38. The van der Waals surface area contributed by atoms with Gasteiger partial charge < -0.3 is 15.4 Å². The Labute approximate surface area is 203 Å². The van der Waals surface area contributed by atoms with Gasteiger partial charge in [0.2, 0.25) is 0 Å². The van der Waals surface area contributed by atoms with Gasteiger partial charge in [-0.1, -0.05) is 43.6 Å². The monoisotopic (exact) mass is 485 g/mol. The van der Waals surface area contributed by atoms with Gasteiger partial charge in [-0.05, 0) is 60.4 Å². The molecule has 6 nitrogen and oxygen atoms in total. The summed E-state index contributed by atoms with van der Waals surface area (Å²) >= 11 is 7.60. The van der Waals surface area contributed by atoms with Crippen molar-refractivity contribution in [2.45, 2.75) is 19.9 Å². The Morgan fingerprint density at radius 3 is 2.52 bits per heavy atom. The molecule has 1 atom stereocenters. The third-order valence-electron chi connectivity index (χ3n) is 5.41. The second-order valence-electron chi connectivity index (χ2n) is 7.35. The van der Waals surface area contributed by atoms with Gasteiger partial charge in [-0.25, -0.2) is 0 Å². The number of ether oxygens (including phenoxy) is 1. The first-order valence-corrected chi connectivity index (χ1v) is 12.0. The van der Waals surface area contributed by atoms with E-state index in [-0.39, 0.29) is 17.9 Å². The van der Waals surface area contributed by atoms with Gasteiger partial charge in [-0.15, -0.1) is 11.3 Å². The molecule has 0 radical (unpaired) electrons. The summed E-state index contributed by atoms with van der Waals surface area (Å²) < 4.78 is 5.38. The summed E-state index contributed by atoms with van der Waals surface area (Å²) in [4.78, 5) is 28.2. The lowest BCUT2D eigenvalue weighted by atomic mass is 10.0. The van der Waals surface area contributed by atoms with Crippen LogP contribution in [0.2, 0.25) is 5.02 Å². The molecule has 0 fully saturated rings. The molecule has 174 valence electrons. The molecule has 0 aliphatic carbocycles. The Kier molecular flexibility index (Phi) is 8.88. The summed E-state index contributed by atoms with van der Waals surface area (Å²) in [6, 6.07) is 16.3. The summed E-state index contributed by atoms with van der Waals surface area (Å²) in [5.41, 5.74) is 1.89.